The minimum absolute atomic E-state index is 0.0274. The Morgan fingerprint density at radius 2 is 2.24 bits per heavy atom. The number of aromatic nitrogens is 1. The fraction of sp³-hybridized carbons (Fsp3) is 0.545. The molecule has 0 radical (unpaired) electrons. The summed E-state index contributed by atoms with van der Waals surface area (Å²) in [5.41, 5.74) is -0.201. The van der Waals surface area contributed by atoms with Crippen LogP contribution >= 0.6 is 0 Å². The highest BCUT2D eigenvalue weighted by Gasteiger charge is 2.18. The number of carboxylic acids is 1. The smallest absolute Gasteiger partial charge is 0.352 e. The van der Waals surface area contributed by atoms with Crippen molar-refractivity contribution >= 4 is 11.7 Å². The number of carboxylic acid groups (broad SMARTS) is 1. The molecule has 94 valence electrons. The van der Waals surface area contributed by atoms with Crippen LogP contribution in [0.4, 0.5) is 5.69 Å². The van der Waals surface area contributed by atoms with E-state index < -0.39 is 10.9 Å². The van der Waals surface area contributed by atoms with Crippen LogP contribution in [0.2, 0.25) is 0 Å². The molecule has 6 nitrogen and oxygen atoms in total. The predicted molar refractivity (Wildman–Crippen MR) is 62.1 cm³/mol. The molecule has 6 heteroatoms. The summed E-state index contributed by atoms with van der Waals surface area (Å²) in [5.74, 6) is -0.600. The highest BCUT2D eigenvalue weighted by atomic mass is 16.6. The summed E-state index contributed by atoms with van der Waals surface area (Å²) in [5, 5.41) is 19.5. The molecule has 0 saturated carbocycles. The molecule has 1 aromatic rings. The molecule has 1 N–H and O–H groups in total. The maximum Gasteiger partial charge on any atom is 0.352 e. The van der Waals surface area contributed by atoms with E-state index in [4.69, 9.17) is 5.11 Å². The van der Waals surface area contributed by atoms with Gasteiger partial charge in [0.15, 0.2) is 0 Å². The Morgan fingerprint density at radius 3 is 2.71 bits per heavy atom. The van der Waals surface area contributed by atoms with E-state index in [2.05, 4.69) is 13.8 Å². The summed E-state index contributed by atoms with van der Waals surface area (Å²) in [6, 6.07) is 1.09. The van der Waals surface area contributed by atoms with Crippen LogP contribution in [0.1, 0.15) is 37.2 Å². The number of aromatic carboxylic acids is 1. The first kappa shape index (κ1) is 13.2. The van der Waals surface area contributed by atoms with E-state index in [1.165, 1.54) is 10.8 Å². The molecule has 1 heterocycles. The molecule has 0 aliphatic carbocycles. The zero-order valence-electron chi connectivity index (χ0n) is 9.92. The van der Waals surface area contributed by atoms with Gasteiger partial charge in [-0.15, -0.1) is 0 Å². The van der Waals surface area contributed by atoms with E-state index in [1.54, 1.807) is 0 Å². The monoisotopic (exact) mass is 240 g/mol. The molecule has 0 aliphatic heterocycles. The fourth-order valence-corrected chi connectivity index (χ4v) is 1.63. The lowest BCUT2D eigenvalue weighted by molar-refractivity contribution is -0.384. The summed E-state index contributed by atoms with van der Waals surface area (Å²) in [7, 11) is 0. The molecule has 0 spiro atoms. The van der Waals surface area contributed by atoms with E-state index in [1.807, 2.05) is 0 Å². The Kier molecular flexibility index (Phi) is 4.25. The van der Waals surface area contributed by atoms with Crippen LogP contribution in [0.5, 0.6) is 0 Å². The quantitative estimate of drug-likeness (QED) is 0.611. The van der Waals surface area contributed by atoms with Crippen molar-refractivity contribution in [3.05, 3.63) is 28.1 Å². The average molecular weight is 240 g/mol. The van der Waals surface area contributed by atoms with Gasteiger partial charge in [0.25, 0.3) is 5.69 Å². The summed E-state index contributed by atoms with van der Waals surface area (Å²) in [6.07, 6.45) is 3.05. The van der Waals surface area contributed by atoms with Crippen LogP contribution in [0.3, 0.4) is 0 Å². The standard InChI is InChI=1S/C11H16N2O4/c1-8(2)4-3-5-12-7-9(13(16)17)6-10(12)11(14)15/h6-8H,3-5H2,1-2H3,(H,14,15). The van der Waals surface area contributed by atoms with Gasteiger partial charge in [0.05, 0.1) is 11.1 Å². The highest BCUT2D eigenvalue weighted by molar-refractivity contribution is 5.86. The lowest BCUT2D eigenvalue weighted by atomic mass is 10.1. The van der Waals surface area contributed by atoms with Gasteiger partial charge in [-0.25, -0.2) is 4.79 Å². The maximum absolute atomic E-state index is 10.9. The van der Waals surface area contributed by atoms with Crippen LogP contribution in [-0.4, -0.2) is 20.6 Å². The summed E-state index contributed by atoms with van der Waals surface area (Å²) in [4.78, 5) is 20.9. The molecule has 0 amide bonds. The molecule has 0 bridgehead atoms. The van der Waals surface area contributed by atoms with E-state index in [9.17, 15) is 14.9 Å². The molecule has 0 aliphatic rings. The second-order valence-electron chi connectivity index (χ2n) is 4.38. The Hall–Kier alpha value is -1.85. The summed E-state index contributed by atoms with van der Waals surface area (Å²) in [6.45, 7) is 4.65. The second-order valence-corrected chi connectivity index (χ2v) is 4.38. The van der Waals surface area contributed by atoms with Gasteiger partial charge in [-0.3, -0.25) is 10.1 Å². The summed E-state index contributed by atoms with van der Waals surface area (Å²) >= 11 is 0. The van der Waals surface area contributed by atoms with Crippen molar-refractivity contribution in [1.82, 2.24) is 4.57 Å². The first-order valence-corrected chi connectivity index (χ1v) is 5.49. The molecule has 0 fully saturated rings. The molecule has 0 atom stereocenters. The van der Waals surface area contributed by atoms with Gasteiger partial charge >= 0.3 is 5.97 Å². The van der Waals surface area contributed by atoms with Crippen molar-refractivity contribution in [2.24, 2.45) is 5.92 Å². The van der Waals surface area contributed by atoms with E-state index in [0.29, 0.717) is 12.5 Å². The number of carbonyl (C=O) groups is 1. The molecule has 17 heavy (non-hydrogen) atoms. The minimum atomic E-state index is -1.14. The molecule has 0 saturated heterocycles. The molecule has 0 unspecified atom stereocenters. The van der Waals surface area contributed by atoms with Gasteiger partial charge in [0.1, 0.15) is 5.69 Å². The van der Waals surface area contributed by atoms with Gasteiger partial charge < -0.3 is 9.67 Å². The van der Waals surface area contributed by atoms with Crippen LogP contribution in [0.15, 0.2) is 12.3 Å². The van der Waals surface area contributed by atoms with E-state index >= 15 is 0 Å². The maximum atomic E-state index is 10.9. The van der Waals surface area contributed by atoms with Crippen molar-refractivity contribution in [2.45, 2.75) is 33.2 Å². The molecular formula is C11H16N2O4. The van der Waals surface area contributed by atoms with Crippen molar-refractivity contribution < 1.29 is 14.8 Å². The fourth-order valence-electron chi connectivity index (χ4n) is 1.63. The van der Waals surface area contributed by atoms with Gasteiger partial charge in [-0.1, -0.05) is 13.8 Å². The third kappa shape index (κ3) is 3.58. The Balaban J connectivity index is 2.81. The Morgan fingerprint density at radius 1 is 1.59 bits per heavy atom. The van der Waals surface area contributed by atoms with Crippen molar-refractivity contribution in [1.29, 1.82) is 0 Å². The number of aryl methyl sites for hydroxylation is 1. The van der Waals surface area contributed by atoms with Gasteiger partial charge in [0, 0.05) is 12.6 Å². The number of nitrogens with zero attached hydrogens (tertiary/aromatic N) is 2. The van der Waals surface area contributed by atoms with Crippen molar-refractivity contribution in [3.63, 3.8) is 0 Å². The largest absolute Gasteiger partial charge is 0.477 e. The van der Waals surface area contributed by atoms with Crippen LogP contribution in [0, 0.1) is 16.0 Å². The molecule has 0 aromatic carbocycles. The molecular weight excluding hydrogens is 224 g/mol. The Bertz CT molecular complexity index is 423. The van der Waals surface area contributed by atoms with Crippen LogP contribution < -0.4 is 0 Å². The lowest BCUT2D eigenvalue weighted by Crippen LogP contribution is -2.08. The van der Waals surface area contributed by atoms with Gasteiger partial charge in [0.2, 0.25) is 0 Å². The van der Waals surface area contributed by atoms with Crippen molar-refractivity contribution in [3.8, 4) is 0 Å². The topological polar surface area (TPSA) is 85.4 Å². The first-order valence-electron chi connectivity index (χ1n) is 5.49. The van der Waals surface area contributed by atoms with Gasteiger partial charge in [-0.2, -0.15) is 0 Å². The third-order valence-electron chi connectivity index (χ3n) is 2.49. The number of nitro groups is 1. The average Bonchev–Trinajstić information content (AvgIpc) is 2.61. The zero-order valence-corrected chi connectivity index (χ0v) is 9.92. The second kappa shape index (κ2) is 5.47. The van der Waals surface area contributed by atoms with Crippen LogP contribution in [0.25, 0.3) is 0 Å². The van der Waals surface area contributed by atoms with E-state index in [0.717, 1.165) is 18.9 Å². The normalized spacial score (nSPS) is 10.8. The number of rotatable bonds is 6. The summed E-state index contributed by atoms with van der Waals surface area (Å²) < 4.78 is 1.43. The minimum Gasteiger partial charge on any atom is -0.477 e. The Labute approximate surface area is 99.0 Å². The van der Waals surface area contributed by atoms with Crippen molar-refractivity contribution in [2.75, 3.05) is 0 Å². The van der Waals surface area contributed by atoms with Crippen LogP contribution in [-0.2, 0) is 6.54 Å². The predicted octanol–water partition coefficient (Wildman–Crippen LogP) is 2.53. The SMILES string of the molecule is CC(C)CCCn1cc([N+](=O)[O-])cc1C(=O)O. The van der Waals surface area contributed by atoms with E-state index in [-0.39, 0.29) is 11.4 Å². The number of hydrogen-bond acceptors (Lipinski definition) is 3. The lowest BCUT2D eigenvalue weighted by Gasteiger charge is -2.07. The zero-order chi connectivity index (χ0) is 13.0. The first-order chi connectivity index (χ1) is 7.91. The van der Waals surface area contributed by atoms with Gasteiger partial charge in [-0.05, 0) is 18.8 Å². The number of hydrogen-bond donors (Lipinski definition) is 1. The third-order valence-corrected chi connectivity index (χ3v) is 2.49. The highest BCUT2D eigenvalue weighted by Crippen LogP contribution is 2.18. The molecule has 1 aromatic heterocycles. The molecule has 1 rings (SSSR count).